The topological polar surface area (TPSA) is 43.4 Å². The number of esters is 1. The number of carbonyl (C=O) groups is 2. The molecule has 0 bridgehead atoms. The molecule has 0 aromatic carbocycles. The Labute approximate surface area is 120 Å². The van der Waals surface area contributed by atoms with E-state index in [-0.39, 0.29) is 11.1 Å². The molecule has 0 aromatic heterocycles. The van der Waals surface area contributed by atoms with Crippen molar-refractivity contribution in [1.82, 2.24) is 0 Å². The summed E-state index contributed by atoms with van der Waals surface area (Å²) in [5.41, 5.74) is 0. The molecule has 19 heavy (non-hydrogen) atoms. The molecule has 0 aliphatic heterocycles. The number of hydrogen-bond acceptors (Lipinski definition) is 4. The van der Waals surface area contributed by atoms with Gasteiger partial charge in [0.2, 0.25) is 0 Å². The lowest BCUT2D eigenvalue weighted by Crippen LogP contribution is -2.32. The van der Waals surface area contributed by atoms with Gasteiger partial charge in [-0.15, -0.1) is 0 Å². The molecule has 0 heterocycles. The molecular formula is C15H24O3S. The van der Waals surface area contributed by atoms with E-state index < -0.39 is 4.75 Å². The van der Waals surface area contributed by atoms with Crippen molar-refractivity contribution >= 4 is 22.8 Å². The third-order valence-electron chi connectivity index (χ3n) is 2.42. The maximum atomic E-state index is 11.9. The molecule has 0 saturated carbocycles. The SMILES string of the molecule is CCCCC=CC=C[C@@](C)(SC(C)=O)C(=O)OCC. The highest BCUT2D eigenvalue weighted by atomic mass is 32.2. The zero-order valence-corrected chi connectivity index (χ0v) is 13.1. The van der Waals surface area contributed by atoms with Crippen LogP contribution in [0.3, 0.4) is 0 Å². The molecule has 0 aliphatic rings. The third-order valence-corrected chi connectivity index (χ3v) is 3.44. The van der Waals surface area contributed by atoms with Crippen molar-refractivity contribution in [2.45, 2.75) is 51.7 Å². The predicted molar refractivity (Wildman–Crippen MR) is 81.1 cm³/mol. The van der Waals surface area contributed by atoms with Gasteiger partial charge in [0.1, 0.15) is 4.75 Å². The predicted octanol–water partition coefficient (Wildman–Crippen LogP) is 3.89. The smallest absolute Gasteiger partial charge is 0.326 e. The van der Waals surface area contributed by atoms with Crippen LogP contribution in [0.4, 0.5) is 0 Å². The molecule has 0 spiro atoms. The maximum absolute atomic E-state index is 11.9. The number of hydrogen-bond donors (Lipinski definition) is 0. The molecule has 0 amide bonds. The normalized spacial score (nSPS) is 14.7. The number of rotatable bonds is 8. The summed E-state index contributed by atoms with van der Waals surface area (Å²) >= 11 is 0.984. The summed E-state index contributed by atoms with van der Waals surface area (Å²) in [7, 11) is 0. The summed E-state index contributed by atoms with van der Waals surface area (Å²) in [6.45, 7) is 7.36. The summed E-state index contributed by atoms with van der Waals surface area (Å²) in [4.78, 5) is 23.1. The van der Waals surface area contributed by atoms with Crippen LogP contribution in [0.1, 0.15) is 47.0 Å². The first kappa shape index (κ1) is 18.0. The largest absolute Gasteiger partial charge is 0.465 e. The summed E-state index contributed by atoms with van der Waals surface area (Å²) < 4.78 is 4.07. The second-order valence-electron chi connectivity index (χ2n) is 4.35. The van der Waals surface area contributed by atoms with Crippen LogP contribution in [-0.2, 0) is 14.3 Å². The molecule has 0 aliphatic carbocycles. The lowest BCUT2D eigenvalue weighted by molar-refractivity contribution is -0.144. The van der Waals surface area contributed by atoms with Gasteiger partial charge < -0.3 is 4.74 Å². The zero-order valence-electron chi connectivity index (χ0n) is 12.3. The first-order valence-corrected chi connectivity index (χ1v) is 7.49. The molecule has 0 unspecified atom stereocenters. The lowest BCUT2D eigenvalue weighted by Gasteiger charge is -2.21. The molecular weight excluding hydrogens is 260 g/mol. The molecule has 108 valence electrons. The Bertz CT molecular complexity index is 347. The van der Waals surface area contributed by atoms with Crippen LogP contribution in [0, 0.1) is 0 Å². The quantitative estimate of drug-likeness (QED) is 0.385. The van der Waals surface area contributed by atoms with E-state index in [9.17, 15) is 9.59 Å². The minimum atomic E-state index is -0.947. The van der Waals surface area contributed by atoms with Gasteiger partial charge in [0.25, 0.3) is 0 Å². The van der Waals surface area contributed by atoms with Crippen LogP contribution in [0.25, 0.3) is 0 Å². The van der Waals surface area contributed by atoms with E-state index in [1.165, 1.54) is 6.92 Å². The standard InChI is InChI=1S/C15H24O3S/c1-5-7-8-9-10-11-12-15(4,19-13(3)16)14(17)18-6-2/h9-12H,5-8H2,1-4H3/t15-/m1/s1. The monoisotopic (exact) mass is 284 g/mol. The molecule has 0 aromatic rings. The number of ether oxygens (including phenoxy) is 1. The van der Waals surface area contributed by atoms with Crippen molar-refractivity contribution in [2.24, 2.45) is 0 Å². The van der Waals surface area contributed by atoms with Crippen LogP contribution in [-0.4, -0.2) is 22.4 Å². The fraction of sp³-hybridized carbons (Fsp3) is 0.600. The first-order valence-electron chi connectivity index (χ1n) is 6.67. The Morgan fingerprint density at radius 2 is 1.95 bits per heavy atom. The van der Waals surface area contributed by atoms with E-state index in [0.717, 1.165) is 31.0 Å². The highest BCUT2D eigenvalue weighted by molar-refractivity contribution is 8.15. The number of allylic oxidation sites excluding steroid dienone is 3. The van der Waals surface area contributed by atoms with Gasteiger partial charge in [-0.2, -0.15) is 0 Å². The fourth-order valence-corrected chi connectivity index (χ4v) is 2.34. The Balaban J connectivity index is 4.66. The van der Waals surface area contributed by atoms with Gasteiger partial charge in [-0.25, -0.2) is 0 Å². The molecule has 0 saturated heterocycles. The minimum absolute atomic E-state index is 0.102. The number of unbranched alkanes of at least 4 members (excludes halogenated alkanes) is 2. The van der Waals surface area contributed by atoms with Crippen molar-refractivity contribution in [2.75, 3.05) is 6.61 Å². The molecule has 3 nitrogen and oxygen atoms in total. The highest BCUT2D eigenvalue weighted by Gasteiger charge is 2.34. The number of thioether (sulfide) groups is 1. The van der Waals surface area contributed by atoms with Crippen LogP contribution in [0.15, 0.2) is 24.3 Å². The maximum Gasteiger partial charge on any atom is 0.326 e. The van der Waals surface area contributed by atoms with Gasteiger partial charge in [-0.05, 0) is 20.3 Å². The molecule has 1 atom stereocenters. The number of carbonyl (C=O) groups excluding carboxylic acids is 2. The van der Waals surface area contributed by atoms with E-state index in [4.69, 9.17) is 4.74 Å². The fourth-order valence-electron chi connectivity index (χ4n) is 1.45. The van der Waals surface area contributed by atoms with Crippen molar-refractivity contribution < 1.29 is 14.3 Å². The van der Waals surface area contributed by atoms with E-state index in [1.54, 1.807) is 19.9 Å². The summed E-state index contributed by atoms with van der Waals surface area (Å²) in [6, 6.07) is 0. The lowest BCUT2D eigenvalue weighted by atomic mass is 10.1. The zero-order chi connectivity index (χ0) is 14.7. The van der Waals surface area contributed by atoms with Crippen LogP contribution in [0.2, 0.25) is 0 Å². The van der Waals surface area contributed by atoms with Gasteiger partial charge in [0.05, 0.1) is 6.61 Å². The second kappa shape index (κ2) is 9.84. The molecule has 0 fully saturated rings. The van der Waals surface area contributed by atoms with Crippen LogP contribution < -0.4 is 0 Å². The van der Waals surface area contributed by atoms with Gasteiger partial charge in [-0.1, -0.05) is 55.8 Å². The summed E-state index contributed by atoms with van der Waals surface area (Å²) in [6.07, 6.45) is 10.8. The molecule has 4 heteroatoms. The highest BCUT2D eigenvalue weighted by Crippen LogP contribution is 2.29. The van der Waals surface area contributed by atoms with E-state index >= 15 is 0 Å². The second-order valence-corrected chi connectivity index (χ2v) is 5.98. The summed E-state index contributed by atoms with van der Waals surface area (Å²) in [5.74, 6) is -0.381. The van der Waals surface area contributed by atoms with Gasteiger partial charge in [0.15, 0.2) is 5.12 Å². The molecule has 0 radical (unpaired) electrons. The van der Waals surface area contributed by atoms with E-state index in [2.05, 4.69) is 13.0 Å². The van der Waals surface area contributed by atoms with Crippen molar-refractivity contribution in [3.63, 3.8) is 0 Å². The Kier molecular flexibility index (Phi) is 9.31. The van der Waals surface area contributed by atoms with Gasteiger partial charge in [-0.3, -0.25) is 9.59 Å². The van der Waals surface area contributed by atoms with Crippen LogP contribution >= 0.6 is 11.8 Å². The van der Waals surface area contributed by atoms with E-state index in [0.29, 0.717) is 6.61 Å². The van der Waals surface area contributed by atoms with E-state index in [1.807, 2.05) is 12.2 Å². The van der Waals surface area contributed by atoms with Gasteiger partial charge >= 0.3 is 5.97 Å². The van der Waals surface area contributed by atoms with Crippen molar-refractivity contribution in [3.8, 4) is 0 Å². The first-order chi connectivity index (χ1) is 8.96. The Hall–Kier alpha value is -1.03. The van der Waals surface area contributed by atoms with Crippen molar-refractivity contribution in [1.29, 1.82) is 0 Å². The van der Waals surface area contributed by atoms with Gasteiger partial charge in [0, 0.05) is 6.92 Å². The Morgan fingerprint density at radius 1 is 1.26 bits per heavy atom. The van der Waals surface area contributed by atoms with Crippen LogP contribution in [0.5, 0.6) is 0 Å². The molecule has 0 N–H and O–H groups in total. The molecule has 0 rings (SSSR count). The van der Waals surface area contributed by atoms with Crippen molar-refractivity contribution in [3.05, 3.63) is 24.3 Å². The average Bonchev–Trinajstić information content (AvgIpc) is 2.33. The summed E-state index contributed by atoms with van der Waals surface area (Å²) in [5, 5.41) is -0.102. The third kappa shape index (κ3) is 7.88. The average molecular weight is 284 g/mol. The minimum Gasteiger partial charge on any atom is -0.465 e. The Morgan fingerprint density at radius 3 is 2.47 bits per heavy atom.